The van der Waals surface area contributed by atoms with Crippen LogP contribution in [0.3, 0.4) is 0 Å². The Morgan fingerprint density at radius 3 is 2.83 bits per heavy atom. The van der Waals surface area contributed by atoms with Gasteiger partial charge in [-0.3, -0.25) is 14.7 Å². The molecule has 0 aromatic carbocycles. The quantitative estimate of drug-likeness (QED) is 0.760. The van der Waals surface area contributed by atoms with Crippen LogP contribution in [0.15, 0.2) is 24.5 Å². The topological polar surface area (TPSA) is 69.3 Å². The van der Waals surface area contributed by atoms with Crippen LogP contribution in [0.1, 0.15) is 51.1 Å². The normalized spacial score (nSPS) is 25.6. The summed E-state index contributed by atoms with van der Waals surface area (Å²) in [4.78, 5) is 19.1. The van der Waals surface area contributed by atoms with Crippen LogP contribution in [-0.2, 0) is 4.79 Å². The molecule has 0 bridgehead atoms. The molecule has 1 aromatic heterocycles. The number of nitrogens with zero attached hydrogens (tertiary/aromatic N) is 2. The molecule has 0 aliphatic carbocycles. The third-order valence-electron chi connectivity index (χ3n) is 5.21. The number of carbonyl (C=O) groups is 1. The average molecular weight is 331 g/mol. The Hall–Kier alpha value is -1.50. The van der Waals surface area contributed by atoms with Gasteiger partial charge in [0.1, 0.15) is 6.04 Å². The Labute approximate surface area is 144 Å². The first-order valence-electron chi connectivity index (χ1n) is 9.00. The van der Waals surface area contributed by atoms with E-state index < -0.39 is 0 Å². The summed E-state index contributed by atoms with van der Waals surface area (Å²) in [6.07, 6.45) is 8.20. The molecule has 3 rings (SSSR count). The van der Waals surface area contributed by atoms with Crippen molar-refractivity contribution in [1.29, 1.82) is 0 Å². The molecule has 0 spiro atoms. The lowest BCUT2D eigenvalue weighted by Gasteiger charge is -2.41. The van der Waals surface area contributed by atoms with Gasteiger partial charge in [0.05, 0.1) is 0 Å². The Morgan fingerprint density at radius 1 is 1.33 bits per heavy atom. The molecular formula is C18H29N5O. The number of pyridine rings is 1. The number of nitrogens with one attached hydrogen (secondary N) is 3. The van der Waals surface area contributed by atoms with Crippen molar-refractivity contribution in [1.82, 2.24) is 26.1 Å². The lowest BCUT2D eigenvalue weighted by Crippen LogP contribution is -2.55. The minimum absolute atomic E-state index is 0.00483. The molecule has 0 radical (unpaired) electrons. The zero-order valence-corrected chi connectivity index (χ0v) is 14.7. The Bertz CT molecular complexity index is 542. The monoisotopic (exact) mass is 331 g/mol. The van der Waals surface area contributed by atoms with E-state index in [0.717, 1.165) is 25.1 Å². The molecule has 2 saturated heterocycles. The molecule has 6 nitrogen and oxygen atoms in total. The Balaban J connectivity index is 1.49. The fourth-order valence-electron chi connectivity index (χ4n) is 3.57. The fraction of sp³-hybridized carbons (Fsp3) is 0.667. The zero-order valence-electron chi connectivity index (χ0n) is 14.7. The van der Waals surface area contributed by atoms with Crippen LogP contribution >= 0.6 is 0 Å². The Kier molecular flexibility index (Phi) is 5.48. The van der Waals surface area contributed by atoms with Crippen molar-refractivity contribution in [2.24, 2.45) is 0 Å². The zero-order chi connectivity index (χ0) is 17.0. The number of amides is 1. The number of piperidine rings is 1. The molecule has 1 aromatic rings. The first-order chi connectivity index (χ1) is 11.6. The van der Waals surface area contributed by atoms with Gasteiger partial charge in [-0.15, -0.1) is 0 Å². The summed E-state index contributed by atoms with van der Waals surface area (Å²) >= 11 is 0. The highest BCUT2D eigenvalue weighted by Gasteiger charge is 2.33. The largest absolute Gasteiger partial charge is 0.353 e. The highest BCUT2D eigenvalue weighted by atomic mass is 16.2. The number of rotatable bonds is 5. The van der Waals surface area contributed by atoms with Gasteiger partial charge in [-0.05, 0) is 57.8 Å². The van der Waals surface area contributed by atoms with Crippen LogP contribution in [-0.4, -0.2) is 47.0 Å². The summed E-state index contributed by atoms with van der Waals surface area (Å²) in [5, 5.41) is 3.14. The van der Waals surface area contributed by atoms with E-state index in [1.165, 1.54) is 19.3 Å². The highest BCUT2D eigenvalue weighted by Crippen LogP contribution is 2.22. The van der Waals surface area contributed by atoms with Crippen molar-refractivity contribution in [3.8, 4) is 0 Å². The van der Waals surface area contributed by atoms with E-state index in [9.17, 15) is 4.79 Å². The molecule has 3 N–H and O–H groups in total. The predicted molar refractivity (Wildman–Crippen MR) is 94.2 cm³/mol. The average Bonchev–Trinajstić information content (AvgIpc) is 3.11. The molecule has 2 unspecified atom stereocenters. The molecule has 24 heavy (non-hydrogen) atoms. The van der Waals surface area contributed by atoms with E-state index >= 15 is 0 Å². The van der Waals surface area contributed by atoms with Gasteiger partial charge in [0.15, 0.2) is 0 Å². The van der Waals surface area contributed by atoms with Crippen molar-refractivity contribution in [2.75, 3.05) is 19.6 Å². The minimum atomic E-state index is -0.202. The van der Waals surface area contributed by atoms with Crippen LogP contribution in [0.5, 0.6) is 0 Å². The maximum atomic E-state index is 12.5. The smallest absolute Gasteiger partial charge is 0.238 e. The molecular weight excluding hydrogens is 302 g/mol. The van der Waals surface area contributed by atoms with Crippen LogP contribution in [0, 0.1) is 0 Å². The molecule has 2 aliphatic heterocycles. The lowest BCUT2D eigenvalue weighted by molar-refractivity contribution is -0.123. The van der Waals surface area contributed by atoms with Gasteiger partial charge in [-0.1, -0.05) is 12.5 Å². The van der Waals surface area contributed by atoms with Gasteiger partial charge in [0.2, 0.25) is 5.91 Å². The standard InChI is InChI=1S/C18H29N5O/c1-18(2,23-9-4-3-5-10-23)13-20-17(24)16-11-15(21-22-16)14-7-6-8-19-12-14/h6-8,12,15-16,21-22H,3-5,9-11,13H2,1-2H3,(H,20,24). The first kappa shape index (κ1) is 17.3. The summed E-state index contributed by atoms with van der Waals surface area (Å²) in [6.45, 7) is 7.39. The van der Waals surface area contributed by atoms with Crippen molar-refractivity contribution in [3.05, 3.63) is 30.1 Å². The summed E-state index contributed by atoms with van der Waals surface area (Å²) in [5.41, 5.74) is 7.43. The second-order valence-electron chi connectivity index (χ2n) is 7.49. The molecule has 2 aliphatic rings. The Morgan fingerprint density at radius 2 is 2.12 bits per heavy atom. The van der Waals surface area contributed by atoms with E-state index in [0.29, 0.717) is 6.54 Å². The van der Waals surface area contributed by atoms with E-state index in [4.69, 9.17) is 0 Å². The number of carbonyl (C=O) groups excluding carboxylic acids is 1. The molecule has 0 saturated carbocycles. The van der Waals surface area contributed by atoms with Crippen molar-refractivity contribution < 1.29 is 4.79 Å². The van der Waals surface area contributed by atoms with E-state index in [-0.39, 0.29) is 23.5 Å². The third kappa shape index (κ3) is 4.12. The second-order valence-corrected chi connectivity index (χ2v) is 7.49. The van der Waals surface area contributed by atoms with Crippen molar-refractivity contribution in [2.45, 2.75) is 57.2 Å². The number of hydrogen-bond acceptors (Lipinski definition) is 5. The number of hydrogen-bond donors (Lipinski definition) is 3. The number of aromatic nitrogens is 1. The SMILES string of the molecule is CC(C)(CNC(=O)C1CC(c2cccnc2)NN1)N1CCCCC1. The van der Waals surface area contributed by atoms with Gasteiger partial charge < -0.3 is 5.32 Å². The van der Waals surface area contributed by atoms with E-state index in [1.807, 2.05) is 18.3 Å². The summed E-state index contributed by atoms with van der Waals surface area (Å²) in [7, 11) is 0. The van der Waals surface area contributed by atoms with E-state index in [2.05, 4.69) is 39.9 Å². The molecule has 6 heteroatoms. The van der Waals surface area contributed by atoms with Gasteiger partial charge in [-0.25, -0.2) is 10.9 Å². The predicted octanol–water partition coefficient (Wildman–Crippen LogP) is 1.37. The van der Waals surface area contributed by atoms with Gasteiger partial charge >= 0.3 is 0 Å². The van der Waals surface area contributed by atoms with E-state index in [1.54, 1.807) is 6.20 Å². The highest BCUT2D eigenvalue weighted by molar-refractivity contribution is 5.82. The van der Waals surface area contributed by atoms with Crippen LogP contribution in [0.2, 0.25) is 0 Å². The molecule has 1 amide bonds. The molecule has 132 valence electrons. The minimum Gasteiger partial charge on any atom is -0.353 e. The molecule has 3 heterocycles. The maximum Gasteiger partial charge on any atom is 0.238 e. The van der Waals surface area contributed by atoms with Gasteiger partial charge in [-0.2, -0.15) is 0 Å². The van der Waals surface area contributed by atoms with Gasteiger partial charge in [0.25, 0.3) is 0 Å². The fourth-order valence-corrected chi connectivity index (χ4v) is 3.57. The molecule has 2 atom stereocenters. The third-order valence-corrected chi connectivity index (χ3v) is 5.21. The van der Waals surface area contributed by atoms with Gasteiger partial charge in [0, 0.05) is 30.5 Å². The lowest BCUT2D eigenvalue weighted by atomic mass is 9.98. The molecule has 2 fully saturated rings. The van der Waals surface area contributed by atoms with Crippen LogP contribution in [0.4, 0.5) is 0 Å². The summed E-state index contributed by atoms with van der Waals surface area (Å²) < 4.78 is 0. The number of likely N-dealkylation sites (tertiary alicyclic amines) is 1. The number of hydrazine groups is 1. The first-order valence-corrected chi connectivity index (χ1v) is 9.00. The van der Waals surface area contributed by atoms with Crippen LogP contribution in [0.25, 0.3) is 0 Å². The van der Waals surface area contributed by atoms with Crippen molar-refractivity contribution >= 4 is 5.91 Å². The maximum absolute atomic E-state index is 12.5. The van der Waals surface area contributed by atoms with Crippen LogP contribution < -0.4 is 16.2 Å². The van der Waals surface area contributed by atoms with Crippen molar-refractivity contribution in [3.63, 3.8) is 0 Å². The summed E-state index contributed by atoms with van der Waals surface area (Å²) in [6, 6.07) is 3.88. The second kappa shape index (κ2) is 7.59. The summed E-state index contributed by atoms with van der Waals surface area (Å²) in [5.74, 6) is 0.0685.